The molecule has 3 nitrogen and oxygen atoms in total. The Morgan fingerprint density at radius 2 is 2.47 bits per heavy atom. The molecule has 0 spiro atoms. The molecule has 15 heavy (non-hydrogen) atoms. The molecule has 2 heterocycles. The van der Waals surface area contributed by atoms with Crippen LogP contribution in [0.4, 0.5) is 5.13 Å². The fourth-order valence-corrected chi connectivity index (χ4v) is 3.00. The number of halogens is 1. The van der Waals surface area contributed by atoms with E-state index >= 15 is 0 Å². The van der Waals surface area contributed by atoms with Gasteiger partial charge in [-0.25, -0.2) is 4.98 Å². The number of anilines is 1. The second kappa shape index (κ2) is 4.68. The Morgan fingerprint density at radius 1 is 1.67 bits per heavy atom. The van der Waals surface area contributed by atoms with Crippen LogP contribution in [0.25, 0.3) is 0 Å². The zero-order valence-corrected chi connectivity index (χ0v) is 10.7. The van der Waals surface area contributed by atoms with Crippen LogP contribution in [0.15, 0.2) is 5.38 Å². The zero-order valence-electron chi connectivity index (χ0n) is 9.11. The molecular formula is C10H16ClN3S. The SMILES string of the molecule is CN1CCCC(N(C)c2nc(Cl)cs2)C1. The maximum Gasteiger partial charge on any atom is 0.186 e. The molecule has 84 valence electrons. The van der Waals surface area contributed by atoms with Crippen LogP contribution in [0.3, 0.4) is 0 Å². The van der Waals surface area contributed by atoms with E-state index in [4.69, 9.17) is 11.6 Å². The highest BCUT2D eigenvalue weighted by Crippen LogP contribution is 2.26. The molecule has 1 aromatic heterocycles. The number of likely N-dealkylation sites (tertiary alicyclic amines) is 1. The van der Waals surface area contributed by atoms with Gasteiger partial charge in [-0.1, -0.05) is 11.6 Å². The van der Waals surface area contributed by atoms with E-state index in [-0.39, 0.29) is 0 Å². The average molecular weight is 246 g/mol. The number of rotatable bonds is 2. The normalized spacial score (nSPS) is 23.0. The van der Waals surface area contributed by atoms with E-state index in [9.17, 15) is 0 Å². The highest BCUT2D eigenvalue weighted by molar-refractivity contribution is 7.14. The maximum absolute atomic E-state index is 5.83. The lowest BCUT2D eigenvalue weighted by Crippen LogP contribution is -2.45. The summed E-state index contributed by atoms with van der Waals surface area (Å²) >= 11 is 7.45. The van der Waals surface area contributed by atoms with Gasteiger partial charge in [0.2, 0.25) is 0 Å². The van der Waals surface area contributed by atoms with Gasteiger partial charge in [-0.3, -0.25) is 0 Å². The Kier molecular flexibility index (Phi) is 3.49. The number of likely N-dealkylation sites (N-methyl/N-ethyl adjacent to an activating group) is 2. The van der Waals surface area contributed by atoms with Crippen molar-refractivity contribution in [3.8, 4) is 0 Å². The second-order valence-electron chi connectivity index (χ2n) is 4.12. The monoisotopic (exact) mass is 245 g/mol. The number of nitrogens with zero attached hydrogens (tertiary/aromatic N) is 3. The van der Waals surface area contributed by atoms with Gasteiger partial charge in [0, 0.05) is 25.0 Å². The quantitative estimate of drug-likeness (QED) is 0.797. The summed E-state index contributed by atoms with van der Waals surface area (Å²) in [7, 11) is 4.29. The molecule has 1 saturated heterocycles. The highest BCUT2D eigenvalue weighted by Gasteiger charge is 2.22. The average Bonchev–Trinajstić information content (AvgIpc) is 2.64. The molecule has 1 fully saturated rings. The first-order valence-electron chi connectivity index (χ1n) is 5.19. The predicted octanol–water partition coefficient (Wildman–Crippen LogP) is 2.33. The fraction of sp³-hybridized carbons (Fsp3) is 0.700. The number of hydrogen-bond acceptors (Lipinski definition) is 4. The van der Waals surface area contributed by atoms with Gasteiger partial charge in [-0.15, -0.1) is 11.3 Å². The Hall–Kier alpha value is -0.320. The van der Waals surface area contributed by atoms with Gasteiger partial charge in [0.05, 0.1) is 0 Å². The summed E-state index contributed by atoms with van der Waals surface area (Å²) in [5.74, 6) is 0. The van der Waals surface area contributed by atoms with Crippen LogP contribution < -0.4 is 4.90 Å². The molecule has 1 unspecified atom stereocenters. The predicted molar refractivity (Wildman–Crippen MR) is 66.0 cm³/mol. The lowest BCUT2D eigenvalue weighted by Gasteiger charge is -2.35. The van der Waals surface area contributed by atoms with E-state index in [1.54, 1.807) is 11.3 Å². The summed E-state index contributed by atoms with van der Waals surface area (Å²) in [6, 6.07) is 0.575. The van der Waals surface area contributed by atoms with Crippen molar-refractivity contribution in [2.24, 2.45) is 0 Å². The molecule has 2 rings (SSSR count). The lowest BCUT2D eigenvalue weighted by atomic mass is 10.1. The lowest BCUT2D eigenvalue weighted by molar-refractivity contribution is 0.248. The van der Waals surface area contributed by atoms with Crippen molar-refractivity contribution in [1.29, 1.82) is 0 Å². The summed E-state index contributed by atoms with van der Waals surface area (Å²) in [4.78, 5) is 8.93. The minimum absolute atomic E-state index is 0.575. The highest BCUT2D eigenvalue weighted by atomic mass is 35.5. The van der Waals surface area contributed by atoms with Crippen LogP contribution in [0.1, 0.15) is 12.8 Å². The van der Waals surface area contributed by atoms with Gasteiger partial charge in [0.25, 0.3) is 0 Å². The van der Waals surface area contributed by atoms with Crippen LogP contribution in [0.2, 0.25) is 5.15 Å². The van der Waals surface area contributed by atoms with Gasteiger partial charge in [-0.05, 0) is 26.4 Å². The third-order valence-corrected chi connectivity index (χ3v) is 4.17. The van der Waals surface area contributed by atoms with Crippen LogP contribution >= 0.6 is 22.9 Å². The maximum atomic E-state index is 5.83. The van der Waals surface area contributed by atoms with Crippen molar-refractivity contribution >= 4 is 28.1 Å². The molecule has 0 aromatic carbocycles. The Morgan fingerprint density at radius 3 is 3.07 bits per heavy atom. The first-order valence-corrected chi connectivity index (χ1v) is 6.45. The molecule has 0 bridgehead atoms. The summed E-state index contributed by atoms with van der Waals surface area (Å²) < 4.78 is 0. The van der Waals surface area contributed by atoms with E-state index < -0.39 is 0 Å². The van der Waals surface area contributed by atoms with Crippen molar-refractivity contribution in [1.82, 2.24) is 9.88 Å². The van der Waals surface area contributed by atoms with Crippen molar-refractivity contribution in [3.63, 3.8) is 0 Å². The summed E-state index contributed by atoms with van der Waals surface area (Å²) in [5.41, 5.74) is 0. The standard InChI is InChI=1S/C10H16ClN3S/c1-13-5-3-4-8(6-13)14(2)10-12-9(11)7-15-10/h7-8H,3-6H2,1-2H3. The Bertz CT molecular complexity index is 328. The van der Waals surface area contributed by atoms with Gasteiger partial charge in [0.15, 0.2) is 5.13 Å². The van der Waals surface area contributed by atoms with Crippen molar-refractivity contribution in [2.75, 3.05) is 32.1 Å². The summed E-state index contributed by atoms with van der Waals surface area (Å²) in [6.45, 7) is 2.33. The third-order valence-electron chi connectivity index (χ3n) is 2.91. The van der Waals surface area contributed by atoms with E-state index in [0.717, 1.165) is 11.7 Å². The molecule has 0 amide bonds. The number of piperidine rings is 1. The Labute approximate surface area is 99.7 Å². The van der Waals surface area contributed by atoms with Crippen LogP contribution in [-0.2, 0) is 0 Å². The Balaban J connectivity index is 2.03. The minimum atomic E-state index is 0.575. The molecule has 1 aliphatic rings. The van der Waals surface area contributed by atoms with Crippen molar-refractivity contribution in [3.05, 3.63) is 10.5 Å². The molecule has 0 saturated carbocycles. The molecule has 0 radical (unpaired) electrons. The molecule has 1 aromatic rings. The van der Waals surface area contributed by atoms with E-state index in [1.807, 2.05) is 5.38 Å². The van der Waals surface area contributed by atoms with E-state index in [2.05, 4.69) is 28.9 Å². The molecular weight excluding hydrogens is 230 g/mol. The van der Waals surface area contributed by atoms with Crippen LogP contribution in [0, 0.1) is 0 Å². The van der Waals surface area contributed by atoms with Gasteiger partial charge in [-0.2, -0.15) is 0 Å². The van der Waals surface area contributed by atoms with Gasteiger partial charge < -0.3 is 9.80 Å². The first kappa shape index (κ1) is 11.2. The molecule has 1 aliphatic heterocycles. The summed E-state index contributed by atoms with van der Waals surface area (Å²) in [5, 5.41) is 3.52. The van der Waals surface area contributed by atoms with Gasteiger partial charge >= 0.3 is 0 Å². The summed E-state index contributed by atoms with van der Waals surface area (Å²) in [6.07, 6.45) is 2.52. The van der Waals surface area contributed by atoms with Crippen molar-refractivity contribution < 1.29 is 0 Å². The molecule has 0 aliphatic carbocycles. The smallest absolute Gasteiger partial charge is 0.186 e. The zero-order chi connectivity index (χ0) is 10.8. The number of aromatic nitrogens is 1. The third kappa shape index (κ3) is 2.62. The molecule has 5 heteroatoms. The fourth-order valence-electron chi connectivity index (χ4n) is 2.02. The first-order chi connectivity index (χ1) is 7.16. The van der Waals surface area contributed by atoms with Crippen molar-refractivity contribution in [2.45, 2.75) is 18.9 Å². The number of thiazole rings is 1. The minimum Gasteiger partial charge on any atom is -0.347 e. The molecule has 1 atom stereocenters. The van der Waals surface area contributed by atoms with Gasteiger partial charge in [0.1, 0.15) is 5.15 Å². The van der Waals surface area contributed by atoms with E-state index in [0.29, 0.717) is 11.2 Å². The van der Waals surface area contributed by atoms with Crippen LogP contribution in [-0.4, -0.2) is 43.1 Å². The van der Waals surface area contributed by atoms with Crippen LogP contribution in [0.5, 0.6) is 0 Å². The second-order valence-corrected chi connectivity index (χ2v) is 5.35. The largest absolute Gasteiger partial charge is 0.347 e. The number of hydrogen-bond donors (Lipinski definition) is 0. The topological polar surface area (TPSA) is 19.4 Å². The van der Waals surface area contributed by atoms with E-state index in [1.165, 1.54) is 19.4 Å². The molecule has 0 N–H and O–H groups in total.